The number of carbonyl (C=O) groups excluding carboxylic acids is 1. The minimum atomic E-state index is -0.147. The number of anilines is 2. The Morgan fingerprint density at radius 1 is 1.14 bits per heavy atom. The van der Waals surface area contributed by atoms with Crippen LogP contribution in [0.15, 0.2) is 42.5 Å². The number of hydrogen-bond acceptors (Lipinski definition) is 2. The maximum Gasteiger partial charge on any atom is 0.231 e. The van der Waals surface area contributed by atoms with E-state index in [1.54, 1.807) is 0 Å². The van der Waals surface area contributed by atoms with Crippen LogP contribution in [-0.2, 0) is 4.79 Å². The Bertz CT molecular complexity index is 635. The van der Waals surface area contributed by atoms with Gasteiger partial charge in [0.2, 0.25) is 5.91 Å². The van der Waals surface area contributed by atoms with Crippen molar-refractivity contribution in [1.82, 2.24) is 0 Å². The molecule has 0 heterocycles. The maximum absolute atomic E-state index is 12.6. The van der Waals surface area contributed by atoms with Gasteiger partial charge in [-0.05, 0) is 43.0 Å². The van der Waals surface area contributed by atoms with Gasteiger partial charge in [-0.15, -0.1) is 0 Å². The summed E-state index contributed by atoms with van der Waals surface area (Å²) < 4.78 is 0. The van der Waals surface area contributed by atoms with Crippen LogP contribution in [0.2, 0.25) is 0 Å². The van der Waals surface area contributed by atoms with E-state index in [1.807, 2.05) is 63.2 Å². The maximum atomic E-state index is 12.6. The average molecular weight is 282 g/mol. The van der Waals surface area contributed by atoms with Crippen LogP contribution in [0, 0.1) is 13.8 Å². The van der Waals surface area contributed by atoms with Crippen molar-refractivity contribution in [1.29, 1.82) is 0 Å². The van der Waals surface area contributed by atoms with Crippen LogP contribution in [0.5, 0.6) is 0 Å². The lowest BCUT2D eigenvalue weighted by molar-refractivity contribution is -0.117. The first-order valence-electron chi connectivity index (χ1n) is 7.26. The molecular formula is C18H22N2O. The van der Waals surface area contributed by atoms with Crippen LogP contribution in [0.25, 0.3) is 0 Å². The van der Waals surface area contributed by atoms with E-state index in [-0.39, 0.29) is 11.8 Å². The van der Waals surface area contributed by atoms with E-state index in [0.29, 0.717) is 5.69 Å². The highest BCUT2D eigenvalue weighted by atomic mass is 16.1. The fourth-order valence-electron chi connectivity index (χ4n) is 2.52. The van der Waals surface area contributed by atoms with Crippen molar-refractivity contribution in [3.63, 3.8) is 0 Å². The minimum Gasteiger partial charge on any atom is -0.398 e. The molecule has 2 aromatic rings. The Kier molecular flexibility index (Phi) is 4.63. The molecule has 0 radical (unpaired) electrons. The summed E-state index contributed by atoms with van der Waals surface area (Å²) in [6.07, 6.45) is 0.760. The van der Waals surface area contributed by atoms with Crippen molar-refractivity contribution in [3.8, 4) is 0 Å². The number of hydrogen-bond donors (Lipinski definition) is 2. The molecule has 0 aliphatic rings. The second-order valence-electron chi connectivity index (χ2n) is 5.33. The molecule has 0 bridgehead atoms. The summed E-state index contributed by atoms with van der Waals surface area (Å²) in [5.41, 5.74) is 10.4. The zero-order valence-electron chi connectivity index (χ0n) is 12.8. The molecule has 21 heavy (non-hydrogen) atoms. The van der Waals surface area contributed by atoms with Gasteiger partial charge in [0.05, 0.1) is 5.92 Å². The normalized spacial score (nSPS) is 12.0. The van der Waals surface area contributed by atoms with E-state index in [0.717, 1.165) is 28.8 Å². The highest BCUT2D eigenvalue weighted by molar-refractivity contribution is 5.97. The quantitative estimate of drug-likeness (QED) is 0.832. The summed E-state index contributed by atoms with van der Waals surface area (Å²) in [6.45, 7) is 5.93. The predicted molar refractivity (Wildman–Crippen MR) is 88.4 cm³/mol. The van der Waals surface area contributed by atoms with Crippen LogP contribution in [0.4, 0.5) is 11.4 Å². The molecule has 110 valence electrons. The molecular weight excluding hydrogens is 260 g/mol. The molecule has 0 aliphatic heterocycles. The molecule has 0 fully saturated rings. The number of benzene rings is 2. The van der Waals surface area contributed by atoms with Gasteiger partial charge >= 0.3 is 0 Å². The molecule has 2 aromatic carbocycles. The molecule has 3 nitrogen and oxygen atoms in total. The van der Waals surface area contributed by atoms with Crippen LogP contribution >= 0.6 is 0 Å². The van der Waals surface area contributed by atoms with Gasteiger partial charge in [0.25, 0.3) is 0 Å². The lowest BCUT2D eigenvalue weighted by atomic mass is 9.95. The van der Waals surface area contributed by atoms with Crippen LogP contribution in [-0.4, -0.2) is 5.91 Å². The lowest BCUT2D eigenvalue weighted by Crippen LogP contribution is -2.22. The summed E-state index contributed by atoms with van der Waals surface area (Å²) in [4.78, 5) is 12.6. The van der Waals surface area contributed by atoms with Crippen molar-refractivity contribution in [2.45, 2.75) is 33.1 Å². The van der Waals surface area contributed by atoms with Crippen molar-refractivity contribution in [3.05, 3.63) is 59.2 Å². The Balaban J connectivity index is 2.27. The van der Waals surface area contributed by atoms with Crippen LogP contribution < -0.4 is 11.1 Å². The van der Waals surface area contributed by atoms with Gasteiger partial charge in [-0.1, -0.05) is 43.3 Å². The first kappa shape index (κ1) is 15.1. The van der Waals surface area contributed by atoms with Crippen LogP contribution in [0.1, 0.15) is 36.0 Å². The van der Waals surface area contributed by atoms with Crippen molar-refractivity contribution in [2.24, 2.45) is 0 Å². The van der Waals surface area contributed by atoms with Crippen molar-refractivity contribution < 1.29 is 4.79 Å². The number of nitrogens with two attached hydrogens (primary N) is 1. The van der Waals surface area contributed by atoms with E-state index in [2.05, 4.69) is 5.32 Å². The van der Waals surface area contributed by atoms with Gasteiger partial charge in [-0.25, -0.2) is 0 Å². The molecule has 0 aromatic heterocycles. The molecule has 0 spiro atoms. The molecule has 1 atom stereocenters. The van der Waals surface area contributed by atoms with Gasteiger partial charge in [0.15, 0.2) is 0 Å². The third-order valence-corrected chi connectivity index (χ3v) is 3.89. The number of aryl methyl sites for hydroxylation is 1. The third kappa shape index (κ3) is 3.24. The smallest absolute Gasteiger partial charge is 0.231 e. The zero-order valence-corrected chi connectivity index (χ0v) is 12.8. The van der Waals surface area contributed by atoms with Gasteiger partial charge in [-0.3, -0.25) is 4.79 Å². The molecule has 0 aliphatic carbocycles. The van der Waals surface area contributed by atoms with Crippen LogP contribution in [0.3, 0.4) is 0 Å². The van der Waals surface area contributed by atoms with Crippen molar-refractivity contribution >= 4 is 17.3 Å². The molecule has 3 heteroatoms. The molecule has 2 rings (SSSR count). The second kappa shape index (κ2) is 6.44. The SMILES string of the molecule is CCC(C(=O)Nc1c(C)ccc(N)c1C)c1ccccc1. The third-order valence-electron chi connectivity index (χ3n) is 3.89. The Morgan fingerprint density at radius 2 is 1.81 bits per heavy atom. The number of nitrogen functional groups attached to an aromatic ring is 1. The van der Waals surface area contributed by atoms with Crippen molar-refractivity contribution in [2.75, 3.05) is 11.1 Å². The Hall–Kier alpha value is -2.29. The topological polar surface area (TPSA) is 55.1 Å². The first-order chi connectivity index (χ1) is 10.0. The second-order valence-corrected chi connectivity index (χ2v) is 5.33. The average Bonchev–Trinajstić information content (AvgIpc) is 2.49. The summed E-state index contributed by atoms with van der Waals surface area (Å²) >= 11 is 0. The molecule has 0 saturated carbocycles. The number of carbonyl (C=O) groups is 1. The summed E-state index contributed by atoms with van der Waals surface area (Å²) in [5.74, 6) is -0.132. The first-order valence-corrected chi connectivity index (χ1v) is 7.26. The number of rotatable bonds is 4. The standard InChI is InChI=1S/C18H22N2O/c1-4-15(14-8-6-5-7-9-14)18(21)20-17-12(2)10-11-16(19)13(17)3/h5-11,15H,4,19H2,1-3H3,(H,20,21). The van der Waals surface area contributed by atoms with Gasteiger partial charge < -0.3 is 11.1 Å². The van der Waals surface area contributed by atoms with Gasteiger partial charge in [0.1, 0.15) is 0 Å². The van der Waals surface area contributed by atoms with E-state index < -0.39 is 0 Å². The highest BCUT2D eigenvalue weighted by Gasteiger charge is 2.20. The molecule has 1 amide bonds. The molecule has 3 N–H and O–H groups in total. The largest absolute Gasteiger partial charge is 0.398 e. The minimum absolute atomic E-state index is 0.0144. The van der Waals surface area contributed by atoms with Gasteiger partial charge in [0, 0.05) is 11.4 Å². The van der Waals surface area contributed by atoms with E-state index in [4.69, 9.17) is 5.73 Å². The fraction of sp³-hybridized carbons (Fsp3) is 0.278. The summed E-state index contributed by atoms with van der Waals surface area (Å²) in [5, 5.41) is 3.05. The zero-order chi connectivity index (χ0) is 15.4. The lowest BCUT2D eigenvalue weighted by Gasteiger charge is -2.18. The summed E-state index contributed by atoms with van der Waals surface area (Å²) in [7, 11) is 0. The Morgan fingerprint density at radius 3 is 2.43 bits per heavy atom. The van der Waals surface area contributed by atoms with E-state index in [9.17, 15) is 4.79 Å². The van der Waals surface area contributed by atoms with Gasteiger partial charge in [-0.2, -0.15) is 0 Å². The number of amides is 1. The Labute approximate surface area is 126 Å². The predicted octanol–water partition coefficient (Wildman–Crippen LogP) is 4.02. The number of nitrogens with one attached hydrogen (secondary N) is 1. The monoisotopic (exact) mass is 282 g/mol. The summed E-state index contributed by atoms with van der Waals surface area (Å²) in [6, 6.07) is 13.7. The van der Waals surface area contributed by atoms with E-state index in [1.165, 1.54) is 0 Å². The fourth-order valence-corrected chi connectivity index (χ4v) is 2.52. The van der Waals surface area contributed by atoms with E-state index >= 15 is 0 Å². The highest BCUT2D eigenvalue weighted by Crippen LogP contribution is 2.28. The molecule has 0 saturated heterocycles. The molecule has 1 unspecified atom stereocenters.